The Labute approximate surface area is 110 Å². The maximum atomic E-state index is 8.84. The first-order valence-corrected chi connectivity index (χ1v) is 6.09. The summed E-state index contributed by atoms with van der Waals surface area (Å²) < 4.78 is 5.21. The van der Waals surface area contributed by atoms with Crippen molar-refractivity contribution in [3.05, 3.63) is 17.6 Å². The van der Waals surface area contributed by atoms with Crippen molar-refractivity contribution in [1.29, 1.82) is 5.26 Å². The zero-order valence-electron chi connectivity index (χ0n) is 12.4. The molecule has 2 N–H and O–H groups in total. The third-order valence-electron chi connectivity index (χ3n) is 1.98. The molecule has 0 aliphatic carbocycles. The third kappa shape index (κ3) is 5.11. The van der Waals surface area contributed by atoms with Crippen LogP contribution in [-0.4, -0.2) is 17.1 Å². The van der Waals surface area contributed by atoms with Gasteiger partial charge in [-0.25, -0.2) is 4.98 Å². The van der Waals surface area contributed by atoms with Gasteiger partial charge in [0.25, 0.3) is 0 Å². The summed E-state index contributed by atoms with van der Waals surface area (Å²) in [5.41, 5.74) is 5.49. The number of hydrogen-bond acceptors (Lipinski definition) is 5. The fourth-order valence-electron chi connectivity index (χ4n) is 1.02. The molecular formula is C13H24N4O. The Morgan fingerprint density at radius 3 is 2.17 bits per heavy atom. The molecule has 0 unspecified atom stereocenters. The van der Waals surface area contributed by atoms with Gasteiger partial charge in [-0.05, 0) is 13.8 Å². The second-order valence-electron chi connectivity index (χ2n) is 3.32. The van der Waals surface area contributed by atoms with Crippen LogP contribution in [0.4, 0.5) is 5.82 Å². The van der Waals surface area contributed by atoms with Crippen LogP contribution in [-0.2, 0) is 10.3 Å². The van der Waals surface area contributed by atoms with Crippen LogP contribution in [0.25, 0.3) is 0 Å². The number of rotatable bonds is 2. The molecule has 0 aromatic carbocycles. The largest absolute Gasteiger partial charge is 0.382 e. The van der Waals surface area contributed by atoms with E-state index in [-0.39, 0.29) is 11.5 Å². The van der Waals surface area contributed by atoms with E-state index in [2.05, 4.69) is 9.97 Å². The van der Waals surface area contributed by atoms with Gasteiger partial charge in [0.2, 0.25) is 0 Å². The second-order valence-corrected chi connectivity index (χ2v) is 3.32. The third-order valence-corrected chi connectivity index (χ3v) is 1.98. The molecule has 18 heavy (non-hydrogen) atoms. The highest BCUT2D eigenvalue weighted by Crippen LogP contribution is 2.23. The van der Waals surface area contributed by atoms with E-state index >= 15 is 0 Å². The lowest BCUT2D eigenvalue weighted by Gasteiger charge is -2.22. The van der Waals surface area contributed by atoms with E-state index in [0.717, 1.165) is 0 Å². The summed E-state index contributed by atoms with van der Waals surface area (Å²) >= 11 is 0. The number of ether oxygens (including phenoxy) is 1. The molecule has 0 aliphatic rings. The van der Waals surface area contributed by atoms with E-state index in [9.17, 15) is 0 Å². The summed E-state index contributed by atoms with van der Waals surface area (Å²) in [7, 11) is 1.55. The molecule has 1 aromatic rings. The number of nitriles is 1. The summed E-state index contributed by atoms with van der Waals surface area (Å²) in [6.45, 7) is 11.6. The van der Waals surface area contributed by atoms with Gasteiger partial charge < -0.3 is 10.5 Å². The zero-order chi connectivity index (χ0) is 14.8. The highest BCUT2D eigenvalue weighted by atomic mass is 16.5. The standard InChI is InChI=1S/C9H12N4O.2C2H6/c1-9(2,14-3)8-6(4-10)13-7(11)5-12-8;2*1-2/h5H,1-3H3,(H2,11,13);2*1-2H3. The van der Waals surface area contributed by atoms with Crippen molar-refractivity contribution in [2.45, 2.75) is 47.1 Å². The highest BCUT2D eigenvalue weighted by molar-refractivity contribution is 5.36. The van der Waals surface area contributed by atoms with Crippen molar-refractivity contribution in [3.8, 4) is 6.07 Å². The number of anilines is 1. The molecule has 0 saturated heterocycles. The summed E-state index contributed by atoms with van der Waals surface area (Å²) in [5, 5.41) is 8.84. The lowest BCUT2D eigenvalue weighted by atomic mass is 10.0. The van der Waals surface area contributed by atoms with Crippen LogP contribution in [0.2, 0.25) is 0 Å². The van der Waals surface area contributed by atoms with Gasteiger partial charge in [0.05, 0.1) is 6.20 Å². The molecule has 0 amide bonds. The quantitative estimate of drug-likeness (QED) is 0.874. The number of methoxy groups -OCH3 is 1. The fourth-order valence-corrected chi connectivity index (χ4v) is 1.02. The van der Waals surface area contributed by atoms with E-state index in [0.29, 0.717) is 5.69 Å². The van der Waals surface area contributed by atoms with Crippen molar-refractivity contribution in [3.63, 3.8) is 0 Å². The van der Waals surface area contributed by atoms with Crippen LogP contribution in [0.5, 0.6) is 0 Å². The van der Waals surface area contributed by atoms with Gasteiger partial charge in [-0.1, -0.05) is 27.7 Å². The van der Waals surface area contributed by atoms with Gasteiger partial charge in [0, 0.05) is 7.11 Å². The van der Waals surface area contributed by atoms with Gasteiger partial charge in [-0.2, -0.15) is 5.26 Å². The molecule has 1 rings (SSSR count). The second kappa shape index (κ2) is 9.37. The predicted octanol–water partition coefficient (Wildman–Crippen LogP) is 2.86. The molecule has 5 nitrogen and oxygen atoms in total. The maximum absolute atomic E-state index is 8.84. The summed E-state index contributed by atoms with van der Waals surface area (Å²) in [6, 6.07) is 1.94. The number of nitrogens with two attached hydrogens (primary N) is 1. The van der Waals surface area contributed by atoms with Crippen molar-refractivity contribution < 1.29 is 4.74 Å². The summed E-state index contributed by atoms with van der Waals surface area (Å²) in [5.74, 6) is 0.234. The van der Waals surface area contributed by atoms with Gasteiger partial charge in [-0.3, -0.25) is 4.98 Å². The van der Waals surface area contributed by atoms with Crippen LogP contribution in [0.3, 0.4) is 0 Å². The Balaban J connectivity index is 0. The number of nitrogen functional groups attached to an aromatic ring is 1. The smallest absolute Gasteiger partial charge is 0.167 e. The minimum Gasteiger partial charge on any atom is -0.382 e. The minimum atomic E-state index is -0.633. The molecule has 0 fully saturated rings. The van der Waals surface area contributed by atoms with E-state index < -0.39 is 5.60 Å². The molecule has 1 aromatic heterocycles. The molecule has 5 heteroatoms. The van der Waals surface area contributed by atoms with E-state index in [1.54, 1.807) is 7.11 Å². The first kappa shape index (κ1) is 18.7. The highest BCUT2D eigenvalue weighted by Gasteiger charge is 2.25. The molecule has 0 radical (unpaired) electrons. The van der Waals surface area contributed by atoms with Crippen LogP contribution >= 0.6 is 0 Å². The van der Waals surface area contributed by atoms with Crippen molar-refractivity contribution in [1.82, 2.24) is 9.97 Å². The maximum Gasteiger partial charge on any atom is 0.167 e. The first-order valence-electron chi connectivity index (χ1n) is 6.09. The van der Waals surface area contributed by atoms with E-state index in [1.165, 1.54) is 6.20 Å². The van der Waals surface area contributed by atoms with Crippen LogP contribution in [0, 0.1) is 11.3 Å². The van der Waals surface area contributed by atoms with E-state index in [1.807, 2.05) is 47.6 Å². The Kier molecular flexibility index (Phi) is 9.73. The monoisotopic (exact) mass is 252 g/mol. The normalized spacial score (nSPS) is 9.22. The molecule has 0 spiro atoms. The molecule has 0 atom stereocenters. The predicted molar refractivity (Wildman–Crippen MR) is 73.9 cm³/mol. The summed E-state index contributed by atoms with van der Waals surface area (Å²) in [6.07, 6.45) is 1.41. The molecule has 0 aliphatic heterocycles. The van der Waals surface area contributed by atoms with Gasteiger partial charge >= 0.3 is 0 Å². The summed E-state index contributed by atoms with van der Waals surface area (Å²) in [4.78, 5) is 7.94. The van der Waals surface area contributed by atoms with Crippen molar-refractivity contribution in [2.75, 3.05) is 12.8 Å². The number of aromatic nitrogens is 2. The average molecular weight is 252 g/mol. The topological polar surface area (TPSA) is 84.8 Å². The van der Waals surface area contributed by atoms with Gasteiger partial charge in [0.1, 0.15) is 23.2 Å². The molecular weight excluding hydrogens is 228 g/mol. The lowest BCUT2D eigenvalue weighted by Crippen LogP contribution is -2.23. The Hall–Kier alpha value is -1.67. The zero-order valence-corrected chi connectivity index (χ0v) is 12.4. The molecule has 102 valence electrons. The Bertz CT molecular complexity index is 383. The average Bonchev–Trinajstić information content (AvgIpc) is 2.42. The van der Waals surface area contributed by atoms with Crippen LogP contribution in [0.1, 0.15) is 52.9 Å². The van der Waals surface area contributed by atoms with Crippen molar-refractivity contribution in [2.24, 2.45) is 0 Å². The first-order chi connectivity index (χ1) is 8.51. The molecule has 0 saturated carbocycles. The molecule has 1 heterocycles. The SMILES string of the molecule is CC.CC.COC(C)(C)c1ncc(N)nc1C#N. The fraction of sp³-hybridized carbons (Fsp3) is 0.615. The van der Waals surface area contributed by atoms with Gasteiger partial charge in [0.15, 0.2) is 5.69 Å². The van der Waals surface area contributed by atoms with Gasteiger partial charge in [-0.15, -0.1) is 0 Å². The molecule has 0 bridgehead atoms. The van der Waals surface area contributed by atoms with Crippen molar-refractivity contribution >= 4 is 5.82 Å². The van der Waals surface area contributed by atoms with Crippen LogP contribution in [0.15, 0.2) is 6.20 Å². The Morgan fingerprint density at radius 2 is 1.78 bits per heavy atom. The minimum absolute atomic E-state index is 0.205. The van der Waals surface area contributed by atoms with E-state index in [4.69, 9.17) is 15.7 Å². The Morgan fingerprint density at radius 1 is 1.28 bits per heavy atom. The number of hydrogen-bond donors (Lipinski definition) is 1. The van der Waals surface area contributed by atoms with Crippen LogP contribution < -0.4 is 5.73 Å². The lowest BCUT2D eigenvalue weighted by molar-refractivity contribution is 0.0149. The number of nitrogens with zero attached hydrogens (tertiary/aromatic N) is 3.